The number of aliphatic hydroxyl groups is 3. The van der Waals surface area contributed by atoms with Crippen molar-refractivity contribution in [1.29, 1.82) is 0 Å². The Morgan fingerprint density at radius 2 is 1.55 bits per heavy atom. The first-order valence-corrected chi connectivity index (χ1v) is 14.4. The fraction of sp³-hybridized carbons (Fsp3) is 0.769. The van der Waals surface area contributed by atoms with E-state index in [-0.39, 0.29) is 34.2 Å². The number of rotatable bonds is 16. The smallest absolute Gasteiger partial charge is 0.300 e. The van der Waals surface area contributed by atoms with Gasteiger partial charge in [-0.3, -0.25) is 14.2 Å². The van der Waals surface area contributed by atoms with Crippen LogP contribution in [0.1, 0.15) is 108 Å². The van der Waals surface area contributed by atoms with Crippen molar-refractivity contribution in [2.24, 2.45) is 0 Å². The standard InChI is InChI=1S/C26H43N5O6S/c1-2-3-4-5-6-7-8-9-10-11-12-13-14-15-18(33)30-23-19(22(36)29-25(30)27)28-26(38)31(23)24-21(35)20(34)17(16-32)37-24/h17,20-21,24,32,34-35H,2-16H2,1H3,(H,28,38)(H2,27,29,36). The summed E-state index contributed by atoms with van der Waals surface area (Å²) >= 11 is 5.34. The Morgan fingerprint density at radius 1 is 1.00 bits per heavy atom. The summed E-state index contributed by atoms with van der Waals surface area (Å²) in [5, 5.41) is 30.2. The summed E-state index contributed by atoms with van der Waals surface area (Å²) in [6.07, 6.45) is 10.5. The van der Waals surface area contributed by atoms with Gasteiger partial charge in [0.1, 0.15) is 18.3 Å². The molecule has 2 aromatic rings. The summed E-state index contributed by atoms with van der Waals surface area (Å²) < 4.78 is 7.95. The molecular formula is C26H43N5O6S. The van der Waals surface area contributed by atoms with Gasteiger partial charge in [0, 0.05) is 6.42 Å². The van der Waals surface area contributed by atoms with Crippen LogP contribution in [-0.2, 0) is 4.74 Å². The summed E-state index contributed by atoms with van der Waals surface area (Å²) in [5.74, 6) is -0.658. The molecule has 0 spiro atoms. The molecule has 2 aromatic heterocycles. The van der Waals surface area contributed by atoms with E-state index in [1.54, 1.807) is 0 Å². The predicted molar refractivity (Wildman–Crippen MR) is 148 cm³/mol. The van der Waals surface area contributed by atoms with E-state index in [0.717, 1.165) is 23.8 Å². The Kier molecular flexibility index (Phi) is 11.9. The fourth-order valence-corrected chi connectivity index (χ4v) is 5.40. The van der Waals surface area contributed by atoms with Gasteiger partial charge in [0.25, 0.3) is 0 Å². The van der Waals surface area contributed by atoms with Gasteiger partial charge in [0.15, 0.2) is 22.2 Å². The predicted octanol–water partition coefficient (Wildman–Crippen LogP) is 3.57. The molecule has 12 heteroatoms. The van der Waals surface area contributed by atoms with Crippen LogP contribution < -0.4 is 11.3 Å². The fourth-order valence-electron chi connectivity index (χ4n) is 5.11. The van der Waals surface area contributed by atoms with Crippen LogP contribution in [0, 0.1) is 4.77 Å². The van der Waals surface area contributed by atoms with Crippen LogP contribution in [-0.4, -0.2) is 65.2 Å². The molecule has 11 nitrogen and oxygen atoms in total. The number of unbranched alkanes of at least 4 members (excludes halogenated alkanes) is 12. The first-order valence-electron chi connectivity index (χ1n) is 14.0. The zero-order valence-corrected chi connectivity index (χ0v) is 23.1. The lowest BCUT2D eigenvalue weighted by Gasteiger charge is -2.19. The zero-order chi connectivity index (χ0) is 27.7. The summed E-state index contributed by atoms with van der Waals surface area (Å²) in [7, 11) is 0. The lowest BCUT2D eigenvalue weighted by molar-refractivity contribution is -0.0518. The quantitative estimate of drug-likeness (QED) is 0.154. The number of hydrogen-bond acceptors (Lipinski definition) is 9. The highest BCUT2D eigenvalue weighted by Gasteiger charge is 2.44. The second kappa shape index (κ2) is 14.9. The number of ether oxygens (including phenoxy) is 1. The Hall–Kier alpha value is -2.12. The van der Waals surface area contributed by atoms with Crippen molar-refractivity contribution < 1.29 is 24.9 Å². The van der Waals surface area contributed by atoms with E-state index in [1.165, 1.54) is 62.4 Å². The second-order valence-corrected chi connectivity index (χ2v) is 10.6. The van der Waals surface area contributed by atoms with E-state index >= 15 is 0 Å². The minimum atomic E-state index is -1.45. The van der Waals surface area contributed by atoms with E-state index in [9.17, 15) is 24.9 Å². The minimum absolute atomic E-state index is 0.0122. The molecule has 0 aromatic carbocycles. The van der Waals surface area contributed by atoms with Crippen molar-refractivity contribution in [2.75, 3.05) is 12.3 Å². The number of aliphatic hydroxyl groups excluding tert-OH is 3. The number of nitrogens with two attached hydrogens (primary N) is 1. The third-order valence-electron chi connectivity index (χ3n) is 7.29. The van der Waals surface area contributed by atoms with Crippen molar-refractivity contribution in [1.82, 2.24) is 19.1 Å². The van der Waals surface area contributed by atoms with Crippen LogP contribution in [0.25, 0.3) is 11.2 Å². The highest BCUT2D eigenvalue weighted by atomic mass is 32.1. The van der Waals surface area contributed by atoms with Crippen molar-refractivity contribution in [3.63, 3.8) is 0 Å². The van der Waals surface area contributed by atoms with Crippen molar-refractivity contribution in [2.45, 2.75) is 121 Å². The number of hydrogen-bond donors (Lipinski definition) is 5. The van der Waals surface area contributed by atoms with Gasteiger partial charge in [0.2, 0.25) is 11.9 Å². The molecule has 1 saturated heterocycles. The van der Waals surface area contributed by atoms with Crippen LogP contribution in [0.3, 0.4) is 0 Å². The Labute approximate surface area is 228 Å². The lowest BCUT2D eigenvalue weighted by Crippen LogP contribution is -2.33. The van der Waals surface area contributed by atoms with E-state index in [0.29, 0.717) is 6.42 Å². The molecule has 6 N–H and O–H groups in total. The molecule has 4 unspecified atom stereocenters. The SMILES string of the molecule is CCCCCCCCCCCCCCCC(=O)n1c(N)nc(=O)c2[nH]c(=S)n(C3OC(CO)C(O)C3O)c21. The highest BCUT2D eigenvalue weighted by Crippen LogP contribution is 2.32. The van der Waals surface area contributed by atoms with Crippen LogP contribution in [0.2, 0.25) is 0 Å². The topological polar surface area (TPSA) is 169 Å². The molecule has 214 valence electrons. The molecule has 1 aliphatic rings. The number of carbonyl (C=O) groups is 1. The molecular weight excluding hydrogens is 510 g/mol. The van der Waals surface area contributed by atoms with Crippen LogP contribution in [0.4, 0.5) is 5.95 Å². The van der Waals surface area contributed by atoms with Gasteiger partial charge in [-0.25, -0.2) is 4.57 Å². The molecule has 3 rings (SSSR count). The van der Waals surface area contributed by atoms with Gasteiger partial charge >= 0.3 is 5.56 Å². The molecule has 0 amide bonds. The molecule has 0 saturated carbocycles. The Bertz CT molecular complexity index is 1160. The van der Waals surface area contributed by atoms with Gasteiger partial charge in [-0.2, -0.15) is 4.98 Å². The monoisotopic (exact) mass is 553 g/mol. The van der Waals surface area contributed by atoms with E-state index in [2.05, 4.69) is 16.9 Å². The molecule has 0 bridgehead atoms. The summed E-state index contributed by atoms with van der Waals surface area (Å²) in [6.45, 7) is 1.71. The number of carbonyl (C=O) groups excluding carboxylic acids is 1. The normalized spacial score (nSPS) is 21.5. The number of aromatic nitrogens is 4. The molecule has 3 heterocycles. The number of anilines is 1. The molecule has 0 aliphatic carbocycles. The van der Waals surface area contributed by atoms with E-state index < -0.39 is 36.7 Å². The molecule has 38 heavy (non-hydrogen) atoms. The molecule has 1 aliphatic heterocycles. The van der Waals surface area contributed by atoms with E-state index in [1.807, 2.05) is 0 Å². The van der Waals surface area contributed by atoms with Crippen LogP contribution in [0.15, 0.2) is 4.79 Å². The Balaban J connectivity index is 1.57. The highest BCUT2D eigenvalue weighted by molar-refractivity contribution is 7.71. The zero-order valence-electron chi connectivity index (χ0n) is 22.3. The first-order chi connectivity index (χ1) is 18.3. The average molecular weight is 554 g/mol. The maximum absolute atomic E-state index is 13.2. The van der Waals surface area contributed by atoms with Gasteiger partial charge in [-0.05, 0) is 18.6 Å². The summed E-state index contributed by atoms with van der Waals surface area (Å²) in [6, 6.07) is 0. The number of fused-ring (bicyclic) bond motifs is 1. The number of imidazole rings is 1. The van der Waals surface area contributed by atoms with Gasteiger partial charge in [-0.1, -0.05) is 84.0 Å². The second-order valence-electron chi connectivity index (χ2n) is 10.2. The molecule has 4 atom stereocenters. The van der Waals surface area contributed by atoms with E-state index in [4.69, 9.17) is 22.7 Å². The Morgan fingerprint density at radius 3 is 2.08 bits per heavy atom. The lowest BCUT2D eigenvalue weighted by atomic mass is 10.0. The minimum Gasteiger partial charge on any atom is -0.394 e. The number of nitrogen functional groups attached to an aromatic ring is 1. The van der Waals surface area contributed by atoms with Gasteiger partial charge < -0.3 is 30.8 Å². The van der Waals surface area contributed by atoms with Crippen molar-refractivity contribution >= 4 is 35.2 Å². The number of nitrogens with zero attached hydrogens (tertiary/aromatic N) is 3. The maximum atomic E-state index is 13.2. The van der Waals surface area contributed by atoms with Crippen LogP contribution >= 0.6 is 12.2 Å². The number of H-pyrrole nitrogens is 1. The molecule has 0 radical (unpaired) electrons. The number of aromatic amines is 1. The number of nitrogens with one attached hydrogen (secondary N) is 1. The van der Waals surface area contributed by atoms with Crippen molar-refractivity contribution in [3.05, 3.63) is 15.1 Å². The maximum Gasteiger partial charge on any atom is 0.300 e. The molecule has 1 fully saturated rings. The van der Waals surface area contributed by atoms with Gasteiger partial charge in [-0.15, -0.1) is 0 Å². The average Bonchev–Trinajstić information content (AvgIpc) is 3.37. The first kappa shape index (κ1) is 30.4. The third-order valence-corrected chi connectivity index (χ3v) is 7.59. The third kappa shape index (κ3) is 7.29. The summed E-state index contributed by atoms with van der Waals surface area (Å²) in [5.41, 5.74) is 5.25. The van der Waals surface area contributed by atoms with Crippen LogP contribution in [0.5, 0.6) is 0 Å². The summed E-state index contributed by atoms with van der Waals surface area (Å²) in [4.78, 5) is 32.2. The van der Waals surface area contributed by atoms with Crippen molar-refractivity contribution in [3.8, 4) is 0 Å². The van der Waals surface area contributed by atoms with Gasteiger partial charge in [0.05, 0.1) is 6.61 Å². The largest absolute Gasteiger partial charge is 0.394 e.